The van der Waals surface area contributed by atoms with E-state index in [0.29, 0.717) is 0 Å². The number of carboxylic acids is 1. The number of nitrogens with zero attached hydrogens (tertiary/aromatic N) is 1. The number of ether oxygens (including phenoxy) is 2. The van der Waals surface area contributed by atoms with Crippen LogP contribution in [0.5, 0.6) is 5.75 Å². The lowest BCUT2D eigenvalue weighted by Crippen LogP contribution is -2.61. The molecule has 1 fully saturated rings. The number of aliphatic hydroxyl groups is 3. The van der Waals surface area contributed by atoms with Crippen molar-refractivity contribution in [2.24, 2.45) is 0 Å². The van der Waals surface area contributed by atoms with Crippen molar-refractivity contribution >= 4 is 17.3 Å². The molecule has 1 aliphatic heterocycles. The molecule has 1 aromatic carbocycles. The summed E-state index contributed by atoms with van der Waals surface area (Å²) in [6, 6.07) is 3.54. The Balaban J connectivity index is 2.26. The van der Waals surface area contributed by atoms with E-state index in [0.717, 1.165) is 6.07 Å². The Hall–Kier alpha value is -2.47. The lowest BCUT2D eigenvalue weighted by Gasteiger charge is -2.38. The maximum absolute atomic E-state index is 11.0. The van der Waals surface area contributed by atoms with Crippen molar-refractivity contribution in [1.29, 1.82) is 0 Å². The van der Waals surface area contributed by atoms with E-state index in [1.165, 1.54) is 19.2 Å². The van der Waals surface area contributed by atoms with Gasteiger partial charge in [-0.25, -0.2) is 4.79 Å². The number of hydrogen-bond acceptors (Lipinski definition) is 9. The molecular weight excluding hydrogens is 328 g/mol. The minimum absolute atomic E-state index is 0.0277. The van der Waals surface area contributed by atoms with Crippen molar-refractivity contribution in [2.75, 3.05) is 12.4 Å². The van der Waals surface area contributed by atoms with Crippen LogP contribution in [-0.4, -0.2) is 69.1 Å². The predicted octanol–water partition coefficient (Wildman–Crippen LogP) is -1.09. The molecule has 11 nitrogen and oxygen atoms in total. The molecule has 0 spiro atoms. The van der Waals surface area contributed by atoms with Gasteiger partial charge in [-0.3, -0.25) is 10.1 Å². The molecule has 1 aliphatic rings. The lowest BCUT2D eigenvalue weighted by atomic mass is 9.99. The first-order valence-corrected chi connectivity index (χ1v) is 6.81. The van der Waals surface area contributed by atoms with E-state index in [1.54, 1.807) is 0 Å². The average molecular weight is 344 g/mol. The number of non-ortho nitro benzene ring substituents is 1. The Morgan fingerprint density at radius 3 is 2.50 bits per heavy atom. The molecule has 2 rings (SSSR count). The SMILES string of the molecule is CNc1cc([N+](=O)[O-])ccc1O[C@@H]1O[C@H](C(=O)O)[C@@H](O)[C@H](O)[C@H]1O. The van der Waals surface area contributed by atoms with E-state index in [4.69, 9.17) is 14.6 Å². The molecule has 1 heterocycles. The molecule has 11 heteroatoms. The fraction of sp³-hybridized carbons (Fsp3) is 0.462. The Labute approximate surface area is 135 Å². The van der Waals surface area contributed by atoms with Gasteiger partial charge in [0.15, 0.2) is 6.10 Å². The number of rotatable bonds is 5. The summed E-state index contributed by atoms with van der Waals surface area (Å²) in [4.78, 5) is 21.2. The highest BCUT2D eigenvalue weighted by Gasteiger charge is 2.48. The van der Waals surface area contributed by atoms with Crippen molar-refractivity contribution in [2.45, 2.75) is 30.7 Å². The van der Waals surface area contributed by atoms with Gasteiger partial charge in [0, 0.05) is 19.2 Å². The third-order valence-corrected chi connectivity index (χ3v) is 3.50. The van der Waals surface area contributed by atoms with Crippen LogP contribution >= 0.6 is 0 Å². The number of nitrogens with one attached hydrogen (secondary N) is 1. The van der Waals surface area contributed by atoms with E-state index < -0.39 is 41.6 Å². The first kappa shape index (κ1) is 17.9. The van der Waals surface area contributed by atoms with Gasteiger partial charge < -0.3 is 35.2 Å². The fourth-order valence-electron chi connectivity index (χ4n) is 2.20. The number of benzene rings is 1. The summed E-state index contributed by atoms with van der Waals surface area (Å²) < 4.78 is 10.3. The molecule has 0 unspecified atom stereocenters. The van der Waals surface area contributed by atoms with Crippen LogP contribution in [0.3, 0.4) is 0 Å². The van der Waals surface area contributed by atoms with Gasteiger partial charge in [-0.15, -0.1) is 0 Å². The van der Waals surface area contributed by atoms with Gasteiger partial charge in [-0.1, -0.05) is 0 Å². The molecule has 1 saturated heterocycles. The molecule has 5 N–H and O–H groups in total. The van der Waals surface area contributed by atoms with Crippen molar-refractivity contribution in [3.8, 4) is 5.75 Å². The Bertz CT molecular complexity index is 638. The van der Waals surface area contributed by atoms with E-state index in [9.17, 15) is 30.2 Å². The molecule has 1 aromatic rings. The van der Waals surface area contributed by atoms with Crippen LogP contribution in [0.25, 0.3) is 0 Å². The second-order valence-electron chi connectivity index (χ2n) is 5.04. The van der Waals surface area contributed by atoms with Gasteiger partial charge >= 0.3 is 5.97 Å². The Morgan fingerprint density at radius 2 is 1.96 bits per heavy atom. The monoisotopic (exact) mass is 344 g/mol. The number of carboxylic acid groups (broad SMARTS) is 1. The maximum Gasteiger partial charge on any atom is 0.335 e. The van der Waals surface area contributed by atoms with E-state index in [-0.39, 0.29) is 17.1 Å². The van der Waals surface area contributed by atoms with Crippen LogP contribution < -0.4 is 10.1 Å². The molecule has 24 heavy (non-hydrogen) atoms. The zero-order valence-electron chi connectivity index (χ0n) is 12.4. The topological polar surface area (TPSA) is 172 Å². The minimum atomic E-state index is -1.84. The standard InChI is InChI=1S/C13H16N2O9/c1-14-6-4-5(15(21)22)2-3-7(6)23-13-10(18)8(16)9(17)11(24-13)12(19)20/h2-4,8-11,13-14,16-18H,1H3,(H,19,20)/t8-,9-,10+,11-,13+/m0/s1. The lowest BCUT2D eigenvalue weighted by molar-refractivity contribution is -0.384. The maximum atomic E-state index is 11.0. The quantitative estimate of drug-likeness (QED) is 0.326. The van der Waals surface area contributed by atoms with Crippen LogP contribution in [0.2, 0.25) is 0 Å². The number of aliphatic hydroxyl groups excluding tert-OH is 3. The second-order valence-corrected chi connectivity index (χ2v) is 5.04. The summed E-state index contributed by atoms with van der Waals surface area (Å²) >= 11 is 0. The Kier molecular flexibility index (Phi) is 5.19. The van der Waals surface area contributed by atoms with Gasteiger partial charge in [0.2, 0.25) is 6.29 Å². The van der Waals surface area contributed by atoms with Gasteiger partial charge in [0.05, 0.1) is 10.6 Å². The highest BCUT2D eigenvalue weighted by Crippen LogP contribution is 2.32. The van der Waals surface area contributed by atoms with E-state index >= 15 is 0 Å². The highest BCUT2D eigenvalue weighted by atomic mass is 16.7. The summed E-state index contributed by atoms with van der Waals surface area (Å²) in [6.07, 6.45) is -8.77. The van der Waals surface area contributed by atoms with Gasteiger partial charge in [-0.2, -0.15) is 0 Å². The van der Waals surface area contributed by atoms with Crippen molar-refractivity contribution in [3.63, 3.8) is 0 Å². The van der Waals surface area contributed by atoms with Crippen LogP contribution in [0, 0.1) is 10.1 Å². The molecule has 0 amide bonds. The normalized spacial score (nSPS) is 29.8. The minimum Gasteiger partial charge on any atom is -0.479 e. The molecule has 0 saturated carbocycles. The average Bonchev–Trinajstić information content (AvgIpc) is 2.54. The summed E-state index contributed by atoms with van der Waals surface area (Å²) in [7, 11) is 1.47. The third kappa shape index (κ3) is 3.38. The fourth-order valence-corrected chi connectivity index (χ4v) is 2.20. The second kappa shape index (κ2) is 6.97. The number of nitro benzene ring substituents is 1. The number of aliphatic carboxylic acids is 1. The first-order chi connectivity index (χ1) is 11.3. The molecule has 0 radical (unpaired) electrons. The summed E-state index contributed by atoms with van der Waals surface area (Å²) in [5.74, 6) is -1.51. The van der Waals surface area contributed by atoms with Crippen LogP contribution in [-0.2, 0) is 9.53 Å². The largest absolute Gasteiger partial charge is 0.479 e. The van der Waals surface area contributed by atoms with Crippen molar-refractivity contribution in [1.82, 2.24) is 0 Å². The molecule has 0 aliphatic carbocycles. The molecule has 0 bridgehead atoms. The number of carbonyl (C=O) groups is 1. The van der Waals surface area contributed by atoms with E-state index in [2.05, 4.69) is 5.32 Å². The predicted molar refractivity (Wildman–Crippen MR) is 77.6 cm³/mol. The van der Waals surface area contributed by atoms with Gasteiger partial charge in [0.1, 0.15) is 24.1 Å². The Morgan fingerprint density at radius 1 is 1.29 bits per heavy atom. The highest BCUT2D eigenvalue weighted by molar-refractivity contribution is 5.73. The number of hydrogen-bond donors (Lipinski definition) is 5. The van der Waals surface area contributed by atoms with Crippen molar-refractivity contribution in [3.05, 3.63) is 28.3 Å². The van der Waals surface area contributed by atoms with Crippen LogP contribution in [0.15, 0.2) is 18.2 Å². The van der Waals surface area contributed by atoms with Gasteiger partial charge in [0.25, 0.3) is 5.69 Å². The smallest absolute Gasteiger partial charge is 0.335 e. The summed E-state index contributed by atoms with van der Waals surface area (Å²) in [6.45, 7) is 0. The first-order valence-electron chi connectivity index (χ1n) is 6.81. The molecular formula is C13H16N2O9. The number of nitro groups is 1. The zero-order chi connectivity index (χ0) is 18.0. The van der Waals surface area contributed by atoms with Crippen LogP contribution in [0.1, 0.15) is 0 Å². The zero-order valence-corrected chi connectivity index (χ0v) is 12.4. The molecule has 132 valence electrons. The van der Waals surface area contributed by atoms with Crippen LogP contribution in [0.4, 0.5) is 11.4 Å². The summed E-state index contributed by atoms with van der Waals surface area (Å²) in [5.41, 5.74) is -0.0248. The number of anilines is 1. The third-order valence-electron chi connectivity index (χ3n) is 3.50. The molecule has 5 atom stereocenters. The van der Waals surface area contributed by atoms with Gasteiger partial charge in [-0.05, 0) is 6.07 Å². The van der Waals surface area contributed by atoms with E-state index in [1.807, 2.05) is 0 Å². The molecule has 0 aromatic heterocycles. The van der Waals surface area contributed by atoms with Crippen molar-refractivity contribution < 1.29 is 39.6 Å². The summed E-state index contributed by atoms with van der Waals surface area (Å²) in [5, 5.41) is 51.6.